The Bertz CT molecular complexity index is 1830. The number of nitrogens with zero attached hydrogens (tertiary/aromatic N) is 5. The number of carbonyl (C=O) groups excluding carboxylic acids is 3. The molecule has 276 valence electrons. The zero-order valence-corrected chi connectivity index (χ0v) is 31.6. The van der Waals surface area contributed by atoms with Crippen LogP contribution in [0.2, 0.25) is 5.02 Å². The average Bonchev–Trinajstić information content (AvgIpc) is 3.20. The topological polar surface area (TPSA) is 67.4 Å². The normalized spacial score (nSPS) is 15.8. The van der Waals surface area contributed by atoms with Crippen LogP contribution in [0.3, 0.4) is 0 Å². The smallest absolute Gasteiger partial charge is 0.247 e. The summed E-state index contributed by atoms with van der Waals surface area (Å²) < 4.78 is 0. The molecule has 6 rings (SSSR count). The number of rotatable bonds is 12. The van der Waals surface area contributed by atoms with Crippen LogP contribution in [0.5, 0.6) is 0 Å². The lowest BCUT2D eigenvalue weighted by Gasteiger charge is -2.39. The van der Waals surface area contributed by atoms with Gasteiger partial charge in [0, 0.05) is 95.6 Å². The molecule has 1 atom stereocenters. The summed E-state index contributed by atoms with van der Waals surface area (Å²) in [5, 5.41) is 0.720. The molecule has 0 spiro atoms. The molecule has 0 saturated carbocycles. The SMILES string of the molecule is CCc1ccc(C=CC(=O)N(Cc2ccc(N3CCN(C(C)=O)CC3)cc2)[C@@H](Cc2ccccc2)C(=O)N2CCN(Cc3ccc(Cl)cc3)CC2)cc1. The molecule has 4 aromatic carbocycles. The van der Waals surface area contributed by atoms with Crippen molar-refractivity contribution in [3.63, 3.8) is 0 Å². The number of benzene rings is 4. The second kappa shape index (κ2) is 18.2. The van der Waals surface area contributed by atoms with Crippen LogP contribution in [0.15, 0.2) is 109 Å². The first-order valence-corrected chi connectivity index (χ1v) is 19.1. The molecule has 9 heteroatoms. The van der Waals surface area contributed by atoms with E-state index in [9.17, 15) is 14.4 Å². The van der Waals surface area contributed by atoms with Crippen LogP contribution >= 0.6 is 11.6 Å². The Morgan fingerprint density at radius 1 is 0.698 bits per heavy atom. The van der Waals surface area contributed by atoms with E-state index in [1.54, 1.807) is 17.9 Å². The van der Waals surface area contributed by atoms with E-state index in [1.165, 1.54) is 11.1 Å². The number of hydrogen-bond acceptors (Lipinski definition) is 5. The molecule has 53 heavy (non-hydrogen) atoms. The fourth-order valence-corrected chi connectivity index (χ4v) is 7.24. The van der Waals surface area contributed by atoms with Crippen molar-refractivity contribution < 1.29 is 14.4 Å². The molecular formula is C44H50ClN5O3. The van der Waals surface area contributed by atoms with Gasteiger partial charge in [0.1, 0.15) is 6.04 Å². The number of hydrogen-bond donors (Lipinski definition) is 0. The van der Waals surface area contributed by atoms with Crippen LogP contribution in [0.4, 0.5) is 5.69 Å². The Morgan fingerprint density at radius 2 is 1.30 bits per heavy atom. The predicted molar refractivity (Wildman–Crippen MR) is 214 cm³/mol. The first-order chi connectivity index (χ1) is 25.7. The van der Waals surface area contributed by atoms with E-state index in [2.05, 4.69) is 53.1 Å². The van der Waals surface area contributed by atoms with Gasteiger partial charge in [-0.05, 0) is 64.6 Å². The summed E-state index contributed by atoms with van der Waals surface area (Å²) in [6.45, 7) is 10.4. The fourth-order valence-electron chi connectivity index (χ4n) is 7.11. The molecule has 2 aliphatic heterocycles. The molecule has 8 nitrogen and oxygen atoms in total. The summed E-state index contributed by atoms with van der Waals surface area (Å²) in [5.41, 5.74) is 6.40. The van der Waals surface area contributed by atoms with Gasteiger partial charge >= 0.3 is 0 Å². The minimum absolute atomic E-state index is 0.0333. The summed E-state index contributed by atoms with van der Waals surface area (Å²) in [7, 11) is 0. The summed E-state index contributed by atoms with van der Waals surface area (Å²) in [4.78, 5) is 51.1. The van der Waals surface area contributed by atoms with E-state index in [0.717, 1.165) is 66.5 Å². The minimum Gasteiger partial charge on any atom is -0.368 e. The maximum Gasteiger partial charge on any atom is 0.247 e. The van der Waals surface area contributed by atoms with Crippen molar-refractivity contribution in [3.8, 4) is 0 Å². The molecule has 0 N–H and O–H groups in total. The molecule has 2 aliphatic rings. The molecule has 2 saturated heterocycles. The van der Waals surface area contributed by atoms with Crippen molar-refractivity contribution in [1.29, 1.82) is 0 Å². The number of carbonyl (C=O) groups is 3. The van der Waals surface area contributed by atoms with Crippen molar-refractivity contribution in [2.45, 2.75) is 45.8 Å². The number of aryl methyl sites for hydroxylation is 1. The van der Waals surface area contributed by atoms with Crippen LogP contribution < -0.4 is 4.90 Å². The van der Waals surface area contributed by atoms with E-state index < -0.39 is 6.04 Å². The van der Waals surface area contributed by atoms with E-state index in [-0.39, 0.29) is 24.3 Å². The van der Waals surface area contributed by atoms with Gasteiger partial charge < -0.3 is 19.6 Å². The van der Waals surface area contributed by atoms with Gasteiger partial charge in [0.15, 0.2) is 0 Å². The minimum atomic E-state index is -0.695. The highest BCUT2D eigenvalue weighted by atomic mass is 35.5. The van der Waals surface area contributed by atoms with Crippen molar-refractivity contribution in [2.75, 3.05) is 57.3 Å². The average molecular weight is 732 g/mol. The summed E-state index contributed by atoms with van der Waals surface area (Å²) in [6, 6.07) is 33.7. The predicted octanol–water partition coefficient (Wildman–Crippen LogP) is 6.57. The Morgan fingerprint density at radius 3 is 1.92 bits per heavy atom. The molecule has 0 radical (unpaired) electrons. The summed E-state index contributed by atoms with van der Waals surface area (Å²) in [5.74, 6) is -0.130. The Labute approximate surface area is 319 Å². The number of piperazine rings is 2. The van der Waals surface area contributed by atoms with Crippen LogP contribution in [0.25, 0.3) is 6.08 Å². The summed E-state index contributed by atoms with van der Waals surface area (Å²) in [6.07, 6.45) is 4.81. The van der Waals surface area contributed by atoms with Crippen LogP contribution in [-0.2, 0) is 40.3 Å². The number of anilines is 1. The Kier molecular flexibility index (Phi) is 13.0. The Hall–Kier alpha value is -4.92. The van der Waals surface area contributed by atoms with E-state index in [1.807, 2.05) is 82.6 Å². The highest BCUT2D eigenvalue weighted by Crippen LogP contribution is 2.23. The van der Waals surface area contributed by atoms with Crippen molar-refractivity contribution in [2.24, 2.45) is 0 Å². The van der Waals surface area contributed by atoms with Gasteiger partial charge in [0.2, 0.25) is 17.7 Å². The zero-order chi connectivity index (χ0) is 37.2. The van der Waals surface area contributed by atoms with Crippen LogP contribution in [0.1, 0.15) is 41.7 Å². The van der Waals surface area contributed by atoms with Gasteiger partial charge in [0.25, 0.3) is 0 Å². The highest BCUT2D eigenvalue weighted by molar-refractivity contribution is 6.30. The zero-order valence-electron chi connectivity index (χ0n) is 30.9. The van der Waals surface area contributed by atoms with Crippen molar-refractivity contribution >= 4 is 41.1 Å². The number of amides is 3. The van der Waals surface area contributed by atoms with Gasteiger partial charge in [-0.3, -0.25) is 19.3 Å². The maximum absolute atomic E-state index is 14.7. The standard InChI is InChI=1S/C44H50ClN5O3/c1-3-35-9-11-36(12-10-35)17-22-43(52)50(33-39-15-20-41(21-16-39)48-29-27-47(28-30-48)34(2)51)42(31-37-7-5-4-6-8-37)44(53)49-25-23-46(24-26-49)32-38-13-18-40(45)19-14-38/h4-22,42H,3,23-33H2,1-2H3/t42-/m0/s1. The third-order valence-electron chi connectivity index (χ3n) is 10.4. The number of halogens is 1. The van der Waals surface area contributed by atoms with Crippen LogP contribution in [0, 0.1) is 0 Å². The van der Waals surface area contributed by atoms with Crippen molar-refractivity contribution in [1.82, 2.24) is 19.6 Å². The van der Waals surface area contributed by atoms with E-state index in [4.69, 9.17) is 11.6 Å². The first kappa shape index (κ1) is 37.8. The molecule has 2 heterocycles. The molecule has 0 aromatic heterocycles. The summed E-state index contributed by atoms with van der Waals surface area (Å²) >= 11 is 6.11. The molecule has 0 bridgehead atoms. The third kappa shape index (κ3) is 10.4. The molecule has 3 amide bonds. The lowest BCUT2D eigenvalue weighted by atomic mass is 10.0. The van der Waals surface area contributed by atoms with Gasteiger partial charge in [0.05, 0.1) is 0 Å². The molecular weight excluding hydrogens is 682 g/mol. The maximum atomic E-state index is 14.7. The lowest BCUT2D eigenvalue weighted by Crippen LogP contribution is -2.56. The van der Waals surface area contributed by atoms with Crippen LogP contribution in [-0.4, -0.2) is 95.7 Å². The largest absolute Gasteiger partial charge is 0.368 e. The highest BCUT2D eigenvalue weighted by Gasteiger charge is 2.34. The van der Waals surface area contributed by atoms with Gasteiger partial charge in [-0.15, -0.1) is 0 Å². The second-order valence-corrected chi connectivity index (χ2v) is 14.4. The second-order valence-electron chi connectivity index (χ2n) is 14.0. The monoisotopic (exact) mass is 731 g/mol. The molecule has 0 aliphatic carbocycles. The third-order valence-corrected chi connectivity index (χ3v) is 10.7. The molecule has 2 fully saturated rings. The van der Waals surface area contributed by atoms with Gasteiger partial charge in [-0.1, -0.05) is 97.4 Å². The fraction of sp³-hybridized carbons (Fsp3) is 0.341. The Balaban J connectivity index is 1.24. The van der Waals surface area contributed by atoms with Crippen molar-refractivity contribution in [3.05, 3.63) is 142 Å². The quantitative estimate of drug-likeness (QED) is 0.154. The lowest BCUT2D eigenvalue weighted by molar-refractivity contribution is -0.145. The molecule has 0 unspecified atom stereocenters. The van der Waals surface area contributed by atoms with E-state index >= 15 is 0 Å². The van der Waals surface area contributed by atoms with Gasteiger partial charge in [-0.25, -0.2) is 0 Å². The van der Waals surface area contributed by atoms with E-state index in [0.29, 0.717) is 32.6 Å². The first-order valence-electron chi connectivity index (χ1n) is 18.7. The van der Waals surface area contributed by atoms with Gasteiger partial charge in [-0.2, -0.15) is 0 Å². The molecule has 4 aromatic rings.